The molecule has 0 spiro atoms. The van der Waals surface area contributed by atoms with Gasteiger partial charge in [0.25, 0.3) is 0 Å². The van der Waals surface area contributed by atoms with Crippen LogP contribution >= 0.6 is 22.9 Å². The molecule has 1 N–H and O–H groups in total. The van der Waals surface area contributed by atoms with Crippen LogP contribution in [-0.4, -0.2) is 17.4 Å². The van der Waals surface area contributed by atoms with Gasteiger partial charge in [-0.2, -0.15) is 0 Å². The number of thiazole rings is 1. The van der Waals surface area contributed by atoms with E-state index in [2.05, 4.69) is 15.7 Å². The van der Waals surface area contributed by atoms with Gasteiger partial charge in [0.2, 0.25) is 0 Å². The maximum Gasteiger partial charge on any atom is 0.107 e. The lowest BCUT2D eigenvalue weighted by Crippen LogP contribution is -2.25. The molecule has 1 aliphatic rings. The molecule has 4 heteroatoms. The third-order valence-electron chi connectivity index (χ3n) is 3.36. The quantitative estimate of drug-likeness (QED) is 0.821. The molecular weight excluding hydrogens is 240 g/mol. The molecule has 0 bridgehead atoms. The Morgan fingerprint density at radius 3 is 3.00 bits per heavy atom. The van der Waals surface area contributed by atoms with Gasteiger partial charge in [-0.05, 0) is 38.1 Å². The van der Waals surface area contributed by atoms with E-state index in [1.807, 2.05) is 6.92 Å². The van der Waals surface area contributed by atoms with E-state index in [-0.39, 0.29) is 0 Å². The van der Waals surface area contributed by atoms with Crippen LogP contribution in [0.1, 0.15) is 30.0 Å². The van der Waals surface area contributed by atoms with Gasteiger partial charge in [-0.1, -0.05) is 6.42 Å². The fourth-order valence-corrected chi connectivity index (χ4v) is 3.58. The van der Waals surface area contributed by atoms with Crippen LogP contribution in [-0.2, 0) is 6.54 Å². The van der Waals surface area contributed by atoms with Gasteiger partial charge in [-0.3, -0.25) is 0 Å². The molecule has 1 aromatic heterocycles. The molecule has 2 atom stereocenters. The van der Waals surface area contributed by atoms with Gasteiger partial charge < -0.3 is 5.32 Å². The Balaban J connectivity index is 1.71. The summed E-state index contributed by atoms with van der Waals surface area (Å²) < 4.78 is 0. The normalized spacial score (nSPS) is 25.1. The summed E-state index contributed by atoms with van der Waals surface area (Å²) in [5.41, 5.74) is 1.13. The van der Waals surface area contributed by atoms with Crippen molar-refractivity contribution in [1.82, 2.24) is 10.3 Å². The molecule has 0 saturated heterocycles. The Labute approximate surface area is 106 Å². The zero-order valence-electron chi connectivity index (χ0n) is 9.71. The molecule has 1 aromatic rings. The topological polar surface area (TPSA) is 24.9 Å². The van der Waals surface area contributed by atoms with Crippen molar-refractivity contribution < 1.29 is 0 Å². The number of aromatic nitrogens is 1. The third kappa shape index (κ3) is 3.19. The van der Waals surface area contributed by atoms with Crippen molar-refractivity contribution in [2.45, 2.75) is 32.7 Å². The van der Waals surface area contributed by atoms with E-state index in [1.165, 1.54) is 24.3 Å². The highest BCUT2D eigenvalue weighted by molar-refractivity contribution is 7.09. The van der Waals surface area contributed by atoms with Crippen LogP contribution < -0.4 is 5.32 Å². The van der Waals surface area contributed by atoms with E-state index < -0.39 is 0 Å². The Bertz CT molecular complexity index is 327. The zero-order chi connectivity index (χ0) is 11.4. The van der Waals surface area contributed by atoms with Gasteiger partial charge >= 0.3 is 0 Å². The fraction of sp³-hybridized carbons (Fsp3) is 0.750. The van der Waals surface area contributed by atoms with Crippen LogP contribution in [0.25, 0.3) is 0 Å². The van der Waals surface area contributed by atoms with E-state index in [9.17, 15) is 0 Å². The summed E-state index contributed by atoms with van der Waals surface area (Å²) in [6.07, 6.45) is 3.99. The molecular formula is C12H19ClN2S. The number of nitrogens with zero attached hydrogens (tertiary/aromatic N) is 1. The number of hydrogen-bond donors (Lipinski definition) is 1. The Morgan fingerprint density at radius 2 is 2.31 bits per heavy atom. The molecule has 1 fully saturated rings. The highest BCUT2D eigenvalue weighted by Crippen LogP contribution is 2.31. The van der Waals surface area contributed by atoms with Crippen LogP contribution in [0.4, 0.5) is 0 Å². The maximum atomic E-state index is 5.96. The Hall–Kier alpha value is -0.120. The molecule has 2 nitrogen and oxygen atoms in total. The van der Waals surface area contributed by atoms with Gasteiger partial charge in [0.1, 0.15) is 5.01 Å². The van der Waals surface area contributed by atoms with E-state index in [1.54, 1.807) is 11.3 Å². The molecule has 1 aliphatic carbocycles. The first-order chi connectivity index (χ1) is 7.79. The van der Waals surface area contributed by atoms with Gasteiger partial charge in [0.05, 0.1) is 0 Å². The molecule has 90 valence electrons. The summed E-state index contributed by atoms with van der Waals surface area (Å²) in [5, 5.41) is 6.81. The van der Waals surface area contributed by atoms with Gasteiger partial charge in [0, 0.05) is 23.5 Å². The minimum Gasteiger partial charge on any atom is -0.310 e. The second-order valence-corrected chi connectivity index (χ2v) is 5.87. The number of hydrogen-bond acceptors (Lipinski definition) is 3. The first-order valence-corrected chi connectivity index (χ1v) is 7.38. The van der Waals surface area contributed by atoms with Gasteiger partial charge in [-0.25, -0.2) is 4.98 Å². The molecule has 0 aliphatic heterocycles. The van der Waals surface area contributed by atoms with Crippen LogP contribution in [0.2, 0.25) is 0 Å². The SMILES string of the molecule is Cc1csc(CNCC2CCCC2CCl)n1. The zero-order valence-corrected chi connectivity index (χ0v) is 11.3. The molecule has 16 heavy (non-hydrogen) atoms. The summed E-state index contributed by atoms with van der Waals surface area (Å²) in [5.74, 6) is 2.33. The first-order valence-electron chi connectivity index (χ1n) is 5.97. The molecule has 2 rings (SSSR count). The van der Waals surface area contributed by atoms with Crippen molar-refractivity contribution in [2.24, 2.45) is 11.8 Å². The maximum absolute atomic E-state index is 5.96. The van der Waals surface area contributed by atoms with Crippen LogP contribution in [0, 0.1) is 18.8 Å². The second kappa shape index (κ2) is 5.99. The van der Waals surface area contributed by atoms with Crippen LogP contribution in [0.15, 0.2) is 5.38 Å². The highest BCUT2D eigenvalue weighted by atomic mass is 35.5. The second-order valence-electron chi connectivity index (χ2n) is 4.62. The van der Waals surface area contributed by atoms with Gasteiger partial charge in [-0.15, -0.1) is 22.9 Å². The average Bonchev–Trinajstić information content (AvgIpc) is 2.87. The predicted octanol–water partition coefficient (Wildman–Crippen LogP) is 3.20. The van der Waals surface area contributed by atoms with E-state index in [0.717, 1.165) is 36.5 Å². The van der Waals surface area contributed by atoms with Crippen molar-refractivity contribution in [2.75, 3.05) is 12.4 Å². The van der Waals surface area contributed by atoms with Crippen molar-refractivity contribution in [3.63, 3.8) is 0 Å². The molecule has 0 aromatic carbocycles. The largest absolute Gasteiger partial charge is 0.310 e. The predicted molar refractivity (Wildman–Crippen MR) is 70.1 cm³/mol. The molecule has 1 saturated carbocycles. The number of alkyl halides is 1. The molecule has 2 unspecified atom stereocenters. The lowest BCUT2D eigenvalue weighted by molar-refractivity contribution is 0.395. The average molecular weight is 259 g/mol. The van der Waals surface area contributed by atoms with E-state index >= 15 is 0 Å². The lowest BCUT2D eigenvalue weighted by Gasteiger charge is -2.17. The summed E-state index contributed by atoms with van der Waals surface area (Å²) in [4.78, 5) is 4.44. The van der Waals surface area contributed by atoms with Gasteiger partial charge in [0.15, 0.2) is 0 Å². The van der Waals surface area contributed by atoms with E-state index in [0.29, 0.717) is 0 Å². The van der Waals surface area contributed by atoms with E-state index in [4.69, 9.17) is 11.6 Å². The third-order valence-corrected chi connectivity index (χ3v) is 4.73. The monoisotopic (exact) mass is 258 g/mol. The van der Waals surface area contributed by atoms with Crippen molar-refractivity contribution in [3.8, 4) is 0 Å². The fourth-order valence-electron chi connectivity index (χ4n) is 2.43. The molecule has 0 radical (unpaired) electrons. The first kappa shape index (κ1) is 12.3. The summed E-state index contributed by atoms with van der Waals surface area (Å²) in [6.45, 7) is 4.04. The lowest BCUT2D eigenvalue weighted by atomic mass is 9.98. The summed E-state index contributed by atoms with van der Waals surface area (Å²) >= 11 is 7.70. The smallest absolute Gasteiger partial charge is 0.107 e. The van der Waals surface area contributed by atoms with Crippen molar-refractivity contribution >= 4 is 22.9 Å². The standard InChI is InChI=1S/C12H19ClN2S/c1-9-8-16-12(15-9)7-14-6-11-4-2-3-10(11)5-13/h8,10-11,14H,2-7H2,1H3. The number of halogens is 1. The Kier molecular flexibility index (Phi) is 4.62. The van der Waals surface area contributed by atoms with Crippen LogP contribution in [0.5, 0.6) is 0 Å². The highest BCUT2D eigenvalue weighted by Gasteiger charge is 2.25. The van der Waals surface area contributed by atoms with Crippen LogP contribution in [0.3, 0.4) is 0 Å². The summed E-state index contributed by atoms with van der Waals surface area (Å²) in [7, 11) is 0. The minimum absolute atomic E-state index is 0.729. The number of nitrogens with one attached hydrogen (secondary N) is 1. The minimum atomic E-state index is 0.729. The molecule has 0 amide bonds. The Morgan fingerprint density at radius 1 is 1.50 bits per heavy atom. The van der Waals surface area contributed by atoms with Crippen molar-refractivity contribution in [1.29, 1.82) is 0 Å². The number of aryl methyl sites for hydroxylation is 1. The van der Waals surface area contributed by atoms with Crippen molar-refractivity contribution in [3.05, 3.63) is 16.1 Å². The summed E-state index contributed by atoms with van der Waals surface area (Å²) in [6, 6.07) is 0. The molecule has 1 heterocycles. The number of rotatable bonds is 5.